The van der Waals surface area contributed by atoms with Crippen molar-refractivity contribution < 1.29 is 9.90 Å². The number of halogens is 2. The number of nitrogens with zero attached hydrogens (tertiary/aromatic N) is 1. The highest BCUT2D eigenvalue weighted by atomic mass is 35.5. The first-order chi connectivity index (χ1) is 13.0. The number of amides is 1. The van der Waals surface area contributed by atoms with E-state index in [9.17, 15) is 9.90 Å². The summed E-state index contributed by atoms with van der Waals surface area (Å²) in [5, 5.41) is 14.4. The maximum atomic E-state index is 12.2. The Morgan fingerprint density at radius 1 is 1.22 bits per heavy atom. The molecule has 3 rings (SSSR count). The van der Waals surface area contributed by atoms with E-state index in [4.69, 9.17) is 23.2 Å². The van der Waals surface area contributed by atoms with Gasteiger partial charge in [-0.2, -0.15) is 0 Å². The normalized spacial score (nSPS) is 20.0. The first-order valence-corrected chi connectivity index (χ1v) is 10.3. The quantitative estimate of drug-likeness (QED) is 0.667. The molecule has 7 heteroatoms. The lowest BCUT2D eigenvalue weighted by Gasteiger charge is -2.25. The Hall–Kier alpha value is -1.53. The number of benzene rings is 1. The number of hydrogen-bond donors (Lipinski definition) is 2. The second kappa shape index (κ2) is 9.60. The molecule has 2 aromatic rings. The number of carbonyl (C=O) groups is 1. The third kappa shape index (κ3) is 5.98. The van der Waals surface area contributed by atoms with Crippen LogP contribution in [-0.4, -0.2) is 28.1 Å². The number of nitrogens with one attached hydrogen (secondary N) is 1. The minimum atomic E-state index is -0.233. The van der Waals surface area contributed by atoms with E-state index in [1.165, 1.54) is 17.8 Å². The number of aliphatic hydroxyl groups excluding tert-OH is 1. The maximum Gasteiger partial charge on any atom is 0.244 e. The van der Waals surface area contributed by atoms with Gasteiger partial charge in [0.2, 0.25) is 5.91 Å². The van der Waals surface area contributed by atoms with Gasteiger partial charge in [-0.1, -0.05) is 41.0 Å². The summed E-state index contributed by atoms with van der Waals surface area (Å²) in [4.78, 5) is 17.5. The fraction of sp³-hybridized carbons (Fsp3) is 0.300. The molecule has 27 heavy (non-hydrogen) atoms. The van der Waals surface area contributed by atoms with Crippen molar-refractivity contribution in [2.75, 3.05) is 0 Å². The minimum absolute atomic E-state index is 0.126. The summed E-state index contributed by atoms with van der Waals surface area (Å²) in [5.41, 5.74) is 0.836. The van der Waals surface area contributed by atoms with Gasteiger partial charge in [0.05, 0.1) is 11.1 Å². The summed E-state index contributed by atoms with van der Waals surface area (Å²) in [6, 6.07) is 9.18. The van der Waals surface area contributed by atoms with Crippen LogP contribution in [0.3, 0.4) is 0 Å². The van der Waals surface area contributed by atoms with Crippen molar-refractivity contribution in [1.82, 2.24) is 10.3 Å². The maximum absolute atomic E-state index is 12.2. The number of carbonyl (C=O) groups excluding carboxylic acids is 1. The monoisotopic (exact) mass is 422 g/mol. The molecule has 2 N–H and O–H groups in total. The zero-order valence-electron chi connectivity index (χ0n) is 14.6. The Morgan fingerprint density at radius 3 is 2.74 bits per heavy atom. The van der Waals surface area contributed by atoms with Crippen molar-refractivity contribution in [1.29, 1.82) is 0 Å². The predicted octanol–water partition coefficient (Wildman–Crippen LogP) is 4.97. The Labute approximate surface area is 173 Å². The molecular formula is C20H20Cl2N2O2S. The summed E-state index contributed by atoms with van der Waals surface area (Å²) in [6.45, 7) is 0. The van der Waals surface area contributed by atoms with E-state index >= 15 is 0 Å². The molecule has 1 aliphatic carbocycles. The van der Waals surface area contributed by atoms with Crippen LogP contribution in [-0.2, 0) is 4.79 Å². The van der Waals surface area contributed by atoms with E-state index in [-0.39, 0.29) is 18.1 Å². The van der Waals surface area contributed by atoms with Gasteiger partial charge in [0, 0.05) is 33.8 Å². The molecule has 1 aliphatic rings. The number of pyridine rings is 1. The summed E-state index contributed by atoms with van der Waals surface area (Å²) >= 11 is 13.6. The van der Waals surface area contributed by atoms with Gasteiger partial charge in [0.15, 0.2) is 0 Å². The molecule has 1 aromatic carbocycles. The van der Waals surface area contributed by atoms with Gasteiger partial charge in [-0.05, 0) is 56.0 Å². The molecular weight excluding hydrogens is 403 g/mol. The molecule has 0 saturated heterocycles. The van der Waals surface area contributed by atoms with Crippen LogP contribution in [0.5, 0.6) is 0 Å². The standard InChI is InChI=1S/C20H20Cl2N2O2S/c21-14-4-9-18(17(22)12-14)27-20-13(2-1-11-23-20)3-10-19(26)24-15-5-7-16(25)8-6-15/h1-4,9-12,15-16,25H,5-8H2,(H,24,26). The lowest BCUT2D eigenvalue weighted by molar-refractivity contribution is -0.117. The molecule has 0 radical (unpaired) electrons. The van der Waals surface area contributed by atoms with Crippen molar-refractivity contribution >= 4 is 46.9 Å². The zero-order valence-corrected chi connectivity index (χ0v) is 16.9. The van der Waals surface area contributed by atoms with E-state index in [0.29, 0.717) is 10.0 Å². The van der Waals surface area contributed by atoms with E-state index in [1.54, 1.807) is 24.4 Å². The average molecular weight is 423 g/mol. The molecule has 0 spiro atoms. The molecule has 142 valence electrons. The van der Waals surface area contributed by atoms with Crippen LogP contribution in [0.25, 0.3) is 6.08 Å². The molecule has 0 unspecified atom stereocenters. The highest BCUT2D eigenvalue weighted by molar-refractivity contribution is 7.99. The number of rotatable bonds is 5. The predicted molar refractivity (Wildman–Crippen MR) is 110 cm³/mol. The topological polar surface area (TPSA) is 62.2 Å². The third-order valence-corrected chi connectivity index (χ3v) is 6.13. The first kappa shape index (κ1) is 20.2. The number of aliphatic hydroxyl groups is 1. The molecule has 0 bridgehead atoms. The van der Waals surface area contributed by atoms with E-state index in [1.807, 2.05) is 18.2 Å². The van der Waals surface area contributed by atoms with Gasteiger partial charge >= 0.3 is 0 Å². The van der Waals surface area contributed by atoms with E-state index in [2.05, 4.69) is 10.3 Å². The van der Waals surface area contributed by atoms with Gasteiger partial charge in [0.1, 0.15) is 5.03 Å². The Morgan fingerprint density at radius 2 is 2.00 bits per heavy atom. The molecule has 1 saturated carbocycles. The fourth-order valence-corrected chi connectivity index (χ4v) is 4.30. The first-order valence-electron chi connectivity index (χ1n) is 8.76. The van der Waals surface area contributed by atoms with Crippen LogP contribution in [0.2, 0.25) is 10.0 Å². The average Bonchev–Trinajstić information content (AvgIpc) is 2.65. The van der Waals surface area contributed by atoms with Crippen molar-refractivity contribution in [3.8, 4) is 0 Å². The van der Waals surface area contributed by atoms with E-state index in [0.717, 1.165) is 41.2 Å². The van der Waals surface area contributed by atoms with Crippen LogP contribution in [0.15, 0.2) is 52.5 Å². The molecule has 1 aromatic heterocycles. The highest BCUT2D eigenvalue weighted by Gasteiger charge is 2.20. The lowest BCUT2D eigenvalue weighted by Crippen LogP contribution is -2.37. The SMILES string of the molecule is O=C(C=Cc1cccnc1Sc1ccc(Cl)cc1Cl)NC1CCC(O)CC1. The van der Waals surface area contributed by atoms with Gasteiger partial charge in [-0.25, -0.2) is 4.98 Å². The van der Waals surface area contributed by atoms with Gasteiger partial charge < -0.3 is 10.4 Å². The molecule has 1 fully saturated rings. The fourth-order valence-electron chi connectivity index (χ4n) is 2.91. The van der Waals surface area contributed by atoms with Gasteiger partial charge in [-0.3, -0.25) is 4.79 Å². The molecule has 1 heterocycles. The van der Waals surface area contributed by atoms with Crippen molar-refractivity contribution in [3.63, 3.8) is 0 Å². The highest BCUT2D eigenvalue weighted by Crippen LogP contribution is 2.35. The molecule has 4 nitrogen and oxygen atoms in total. The molecule has 1 amide bonds. The van der Waals surface area contributed by atoms with Gasteiger partial charge in [0.25, 0.3) is 0 Å². The summed E-state index contributed by atoms with van der Waals surface area (Å²) in [5.74, 6) is -0.138. The van der Waals surface area contributed by atoms with Crippen LogP contribution >= 0.6 is 35.0 Å². The zero-order chi connectivity index (χ0) is 19.2. The second-order valence-electron chi connectivity index (χ2n) is 6.42. The summed E-state index contributed by atoms with van der Waals surface area (Å²) in [6.07, 6.45) is 7.84. The van der Waals surface area contributed by atoms with Crippen molar-refractivity contribution in [2.45, 2.75) is 47.8 Å². The number of hydrogen-bond acceptors (Lipinski definition) is 4. The van der Waals surface area contributed by atoms with Crippen LogP contribution in [0.4, 0.5) is 0 Å². The Bertz CT molecular complexity index is 836. The molecule has 0 aliphatic heterocycles. The second-order valence-corrected chi connectivity index (χ2v) is 8.30. The third-order valence-electron chi connectivity index (χ3n) is 4.36. The summed E-state index contributed by atoms with van der Waals surface area (Å²) < 4.78 is 0. The van der Waals surface area contributed by atoms with E-state index < -0.39 is 0 Å². The van der Waals surface area contributed by atoms with Crippen LogP contribution in [0, 0.1) is 0 Å². The van der Waals surface area contributed by atoms with Gasteiger partial charge in [-0.15, -0.1) is 0 Å². The van der Waals surface area contributed by atoms with Crippen molar-refractivity contribution in [2.24, 2.45) is 0 Å². The smallest absolute Gasteiger partial charge is 0.244 e. The van der Waals surface area contributed by atoms with Crippen LogP contribution < -0.4 is 5.32 Å². The summed E-state index contributed by atoms with van der Waals surface area (Å²) in [7, 11) is 0. The molecule has 0 atom stereocenters. The Kier molecular flexibility index (Phi) is 7.19. The van der Waals surface area contributed by atoms with Crippen LogP contribution in [0.1, 0.15) is 31.2 Å². The van der Waals surface area contributed by atoms with Crippen molar-refractivity contribution in [3.05, 3.63) is 58.2 Å². The minimum Gasteiger partial charge on any atom is -0.393 e. The Balaban J connectivity index is 1.66. The largest absolute Gasteiger partial charge is 0.393 e. The number of aromatic nitrogens is 1. The lowest BCUT2D eigenvalue weighted by atomic mass is 9.93.